The molecule has 6 heteroatoms. The lowest BCUT2D eigenvalue weighted by atomic mass is 10.1. The molecule has 4 rings (SSSR count). The van der Waals surface area contributed by atoms with Crippen molar-refractivity contribution in [1.29, 1.82) is 0 Å². The van der Waals surface area contributed by atoms with Crippen molar-refractivity contribution in [3.63, 3.8) is 0 Å². The van der Waals surface area contributed by atoms with Crippen molar-refractivity contribution in [2.24, 2.45) is 0 Å². The third-order valence-corrected chi connectivity index (χ3v) is 5.38. The van der Waals surface area contributed by atoms with Crippen molar-refractivity contribution in [3.05, 3.63) is 65.0 Å². The summed E-state index contributed by atoms with van der Waals surface area (Å²) in [7, 11) is 0. The number of hydrogen-bond donors (Lipinski definition) is 1. The first kappa shape index (κ1) is 18.2. The van der Waals surface area contributed by atoms with Crippen molar-refractivity contribution in [2.45, 2.75) is 39.7 Å². The summed E-state index contributed by atoms with van der Waals surface area (Å²) in [5, 5.41) is 7.14. The fraction of sp³-hybridized carbons (Fsp3) is 0.318. The number of aromatic nitrogens is 2. The summed E-state index contributed by atoms with van der Waals surface area (Å²) in [4.78, 5) is 19.2. The van der Waals surface area contributed by atoms with Crippen LogP contribution in [0.3, 0.4) is 0 Å². The molecule has 1 atom stereocenters. The molecule has 0 unspecified atom stereocenters. The first-order valence-electron chi connectivity index (χ1n) is 9.57. The van der Waals surface area contributed by atoms with Gasteiger partial charge in [0, 0.05) is 17.8 Å². The summed E-state index contributed by atoms with van der Waals surface area (Å²) < 4.78 is 5.54. The number of nitrogens with zero attached hydrogens (tertiary/aromatic N) is 3. The molecule has 0 aliphatic carbocycles. The van der Waals surface area contributed by atoms with Crippen molar-refractivity contribution in [3.8, 4) is 11.4 Å². The zero-order valence-corrected chi connectivity index (χ0v) is 16.4. The summed E-state index contributed by atoms with van der Waals surface area (Å²) >= 11 is 0. The standard InChI is InChI=1S/C22H24N4O2/c1-14-10-11-17(13-16(14)3)23-22(27)26-12-6-9-19(26)21-24-20(25-28-21)18-8-5-4-7-15(18)2/h4-5,7-8,10-11,13,19H,6,9,12H2,1-3H3,(H,23,27)/t19-/m1/s1. The average Bonchev–Trinajstić information content (AvgIpc) is 3.34. The maximum atomic E-state index is 12.9. The van der Waals surface area contributed by atoms with Crippen LogP contribution in [0, 0.1) is 20.8 Å². The van der Waals surface area contributed by atoms with E-state index in [0.717, 1.165) is 35.2 Å². The molecule has 1 aliphatic rings. The highest BCUT2D eigenvalue weighted by molar-refractivity contribution is 5.89. The van der Waals surface area contributed by atoms with Gasteiger partial charge in [0.05, 0.1) is 0 Å². The van der Waals surface area contributed by atoms with E-state index in [4.69, 9.17) is 4.52 Å². The Labute approximate surface area is 164 Å². The van der Waals surface area contributed by atoms with E-state index in [9.17, 15) is 4.79 Å². The minimum absolute atomic E-state index is 0.138. The number of amides is 2. The number of carbonyl (C=O) groups excluding carboxylic acids is 1. The third kappa shape index (κ3) is 3.50. The summed E-state index contributed by atoms with van der Waals surface area (Å²) in [6, 6.07) is 13.5. The quantitative estimate of drug-likeness (QED) is 0.696. The molecule has 0 radical (unpaired) electrons. The van der Waals surface area contributed by atoms with Gasteiger partial charge in [0.25, 0.3) is 0 Å². The summed E-state index contributed by atoms with van der Waals surface area (Å²) in [6.07, 6.45) is 1.73. The van der Waals surface area contributed by atoms with Crippen molar-refractivity contribution < 1.29 is 9.32 Å². The van der Waals surface area contributed by atoms with Crippen LogP contribution in [0.1, 0.15) is 41.5 Å². The largest absolute Gasteiger partial charge is 0.337 e. The summed E-state index contributed by atoms with van der Waals surface area (Å²) in [6.45, 7) is 6.78. The number of likely N-dealkylation sites (tertiary alicyclic amines) is 1. The van der Waals surface area contributed by atoms with Gasteiger partial charge in [0.2, 0.25) is 11.7 Å². The van der Waals surface area contributed by atoms with Gasteiger partial charge >= 0.3 is 6.03 Å². The highest BCUT2D eigenvalue weighted by Crippen LogP contribution is 2.33. The van der Waals surface area contributed by atoms with E-state index < -0.39 is 0 Å². The Morgan fingerprint density at radius 1 is 1.11 bits per heavy atom. The van der Waals surface area contributed by atoms with Crippen molar-refractivity contribution >= 4 is 11.7 Å². The number of rotatable bonds is 3. The monoisotopic (exact) mass is 376 g/mol. The number of hydrogen-bond acceptors (Lipinski definition) is 4. The van der Waals surface area contributed by atoms with Gasteiger partial charge in [-0.15, -0.1) is 0 Å². The predicted molar refractivity (Wildman–Crippen MR) is 108 cm³/mol. The molecule has 0 bridgehead atoms. The minimum atomic E-state index is -0.197. The smallest absolute Gasteiger partial charge is 0.322 e. The summed E-state index contributed by atoms with van der Waals surface area (Å²) in [5.74, 6) is 1.06. The lowest BCUT2D eigenvalue weighted by Crippen LogP contribution is -2.34. The molecule has 28 heavy (non-hydrogen) atoms. The Bertz CT molecular complexity index is 1010. The predicted octanol–water partition coefficient (Wildman–Crippen LogP) is 5.03. The van der Waals surface area contributed by atoms with Gasteiger partial charge in [-0.2, -0.15) is 4.98 Å². The summed E-state index contributed by atoms with van der Waals surface area (Å²) in [5.41, 5.74) is 5.18. The van der Waals surface area contributed by atoms with Crippen LogP contribution in [0.25, 0.3) is 11.4 Å². The number of aryl methyl sites for hydroxylation is 3. The van der Waals surface area contributed by atoms with Gasteiger partial charge in [0.1, 0.15) is 6.04 Å². The normalized spacial score (nSPS) is 16.4. The molecule has 3 aromatic rings. The van der Waals surface area contributed by atoms with Crippen LogP contribution in [0.4, 0.5) is 10.5 Å². The maximum Gasteiger partial charge on any atom is 0.322 e. The van der Waals surface area contributed by atoms with Crippen LogP contribution in [-0.2, 0) is 0 Å². The molecule has 144 valence electrons. The fourth-order valence-electron chi connectivity index (χ4n) is 3.58. The highest BCUT2D eigenvalue weighted by atomic mass is 16.5. The fourth-order valence-corrected chi connectivity index (χ4v) is 3.58. The molecular formula is C22H24N4O2. The van der Waals surface area contributed by atoms with E-state index in [2.05, 4.69) is 22.4 Å². The zero-order chi connectivity index (χ0) is 19.7. The zero-order valence-electron chi connectivity index (χ0n) is 16.4. The molecule has 2 amide bonds. The van der Waals surface area contributed by atoms with Gasteiger partial charge in [-0.3, -0.25) is 0 Å². The number of urea groups is 1. The van der Waals surface area contributed by atoms with Crippen LogP contribution in [0.15, 0.2) is 47.0 Å². The molecular weight excluding hydrogens is 352 g/mol. The highest BCUT2D eigenvalue weighted by Gasteiger charge is 2.34. The van der Waals surface area contributed by atoms with Crippen molar-refractivity contribution in [2.75, 3.05) is 11.9 Å². The molecule has 0 spiro atoms. The van der Waals surface area contributed by atoms with Gasteiger partial charge in [-0.05, 0) is 62.4 Å². The molecule has 1 saturated heterocycles. The van der Waals surface area contributed by atoms with E-state index in [1.165, 1.54) is 5.56 Å². The van der Waals surface area contributed by atoms with Gasteiger partial charge in [-0.1, -0.05) is 35.5 Å². The van der Waals surface area contributed by atoms with E-state index in [-0.39, 0.29) is 12.1 Å². The van der Waals surface area contributed by atoms with Gasteiger partial charge in [0.15, 0.2) is 0 Å². The molecule has 6 nitrogen and oxygen atoms in total. The lowest BCUT2D eigenvalue weighted by molar-refractivity contribution is 0.193. The number of nitrogens with one attached hydrogen (secondary N) is 1. The molecule has 1 aliphatic heterocycles. The maximum absolute atomic E-state index is 12.9. The molecule has 2 heterocycles. The second-order valence-corrected chi connectivity index (χ2v) is 7.35. The van der Waals surface area contributed by atoms with Gasteiger partial charge < -0.3 is 14.7 Å². The number of carbonyl (C=O) groups is 1. The van der Waals surface area contributed by atoms with E-state index >= 15 is 0 Å². The van der Waals surface area contributed by atoms with E-state index in [1.54, 1.807) is 4.90 Å². The average molecular weight is 376 g/mol. The Morgan fingerprint density at radius 3 is 2.71 bits per heavy atom. The van der Waals surface area contributed by atoms with Crippen molar-refractivity contribution in [1.82, 2.24) is 15.0 Å². The lowest BCUT2D eigenvalue weighted by Gasteiger charge is -2.22. The van der Waals surface area contributed by atoms with Crippen LogP contribution in [0.5, 0.6) is 0 Å². The Kier molecular flexibility index (Phi) is 4.86. The van der Waals surface area contributed by atoms with Crippen LogP contribution in [0.2, 0.25) is 0 Å². The molecule has 2 aromatic carbocycles. The first-order chi connectivity index (χ1) is 13.5. The third-order valence-electron chi connectivity index (χ3n) is 5.38. The molecule has 1 N–H and O–H groups in total. The Balaban J connectivity index is 1.53. The first-order valence-corrected chi connectivity index (χ1v) is 9.57. The number of benzene rings is 2. The SMILES string of the molecule is Cc1ccc(NC(=O)N2CCC[C@@H]2c2nc(-c3ccccc3C)no2)cc1C. The van der Waals surface area contributed by atoms with Crippen LogP contribution < -0.4 is 5.32 Å². The Morgan fingerprint density at radius 2 is 1.93 bits per heavy atom. The minimum Gasteiger partial charge on any atom is -0.337 e. The molecule has 1 aromatic heterocycles. The van der Waals surface area contributed by atoms with Crippen LogP contribution in [-0.4, -0.2) is 27.6 Å². The number of anilines is 1. The topological polar surface area (TPSA) is 71.3 Å². The molecule has 0 saturated carbocycles. The van der Waals surface area contributed by atoms with Crippen LogP contribution >= 0.6 is 0 Å². The second kappa shape index (κ2) is 7.46. The van der Waals surface area contributed by atoms with E-state index in [1.807, 2.05) is 56.3 Å². The van der Waals surface area contributed by atoms with E-state index in [0.29, 0.717) is 18.3 Å². The second-order valence-electron chi connectivity index (χ2n) is 7.35. The Hall–Kier alpha value is -3.15. The molecule has 1 fully saturated rings. The van der Waals surface area contributed by atoms with Gasteiger partial charge in [-0.25, -0.2) is 4.79 Å².